The fraction of sp³-hybridized carbons (Fsp3) is 0.577. The Morgan fingerprint density at radius 1 is 0.673 bits per heavy atom. The number of phenolic OH excluding ortho intramolecular Hbond substituents is 1. The SMILES string of the molecule is CC(O)[C@H](CC(=O)[C@@H]1CSSC[C@H](CC(=O)[C@@H](Cc2ccccc2)NC(=O)CCCC(=O)NC23C[N-]CC[N-]CC(N)(C[N-]CC[N-]C2)[N-]CC[N-]3)C(=O)N[C@@H](Cc2ccc(O)cc2)C(=O)C[C@H](CC2=CCc3ccccc32)C(=O)N[C@@H](CCCCN)C(=O)N[C@@H](C(C)O)C(=O)C1)C(=O)O.[Cu]. The largest absolute Gasteiger partial charge is 0.664 e. The van der Waals surface area contributed by atoms with Crippen molar-refractivity contribution in [2.75, 3.05) is 83.5 Å². The summed E-state index contributed by atoms with van der Waals surface area (Å²) >= 11 is 0. The first kappa shape index (κ1) is 83.5. The second kappa shape index (κ2) is 42.3. The number of aliphatic carboxylic acids is 1. The summed E-state index contributed by atoms with van der Waals surface area (Å²) in [6.07, 6.45) is -2.53. The van der Waals surface area contributed by atoms with Gasteiger partial charge in [0.25, 0.3) is 0 Å². The molecule has 101 heavy (non-hydrogen) atoms. The number of benzene rings is 3. The van der Waals surface area contributed by atoms with E-state index in [4.69, 9.17) is 16.8 Å². The first-order valence-corrected chi connectivity index (χ1v) is 36.9. The number of nitrogens with two attached hydrogens (primary N) is 2. The van der Waals surface area contributed by atoms with E-state index in [-0.39, 0.29) is 125 Å². The van der Waals surface area contributed by atoms with Gasteiger partial charge in [-0.05, 0) is 112 Å². The van der Waals surface area contributed by atoms with Gasteiger partial charge < -0.3 is 90.4 Å². The van der Waals surface area contributed by atoms with Crippen LogP contribution in [-0.4, -0.2) is 210 Å². The summed E-state index contributed by atoms with van der Waals surface area (Å²) in [5, 5.41) is 84.2. The Hall–Kier alpha value is -6.48. The molecule has 10 atom stereocenters. The number of amides is 5. The van der Waals surface area contributed by atoms with Gasteiger partial charge in [0.1, 0.15) is 23.6 Å². The zero-order chi connectivity index (χ0) is 72.2. The summed E-state index contributed by atoms with van der Waals surface area (Å²) in [7, 11) is 2.05. The van der Waals surface area contributed by atoms with E-state index in [1.807, 2.05) is 30.3 Å². The predicted octanol–water partition coefficient (Wildman–Crippen LogP) is 4.72. The number of allylic oxidation sites excluding steroid dienone is 2. The number of aliphatic hydroxyl groups excluding tert-OH is 2. The minimum atomic E-state index is -1.64. The molecule has 0 saturated carbocycles. The van der Waals surface area contributed by atoms with E-state index in [0.29, 0.717) is 56.6 Å². The van der Waals surface area contributed by atoms with Gasteiger partial charge in [-0.1, -0.05) is 100 Å². The third-order valence-electron chi connectivity index (χ3n) is 18.1. The number of carboxylic acid groups (broad SMARTS) is 1. The molecular formula is C71H97CuN13O14S2-6. The van der Waals surface area contributed by atoms with Gasteiger partial charge in [0.15, 0.2) is 17.3 Å². The van der Waals surface area contributed by atoms with E-state index in [9.17, 15) is 49.2 Å². The number of ketones is 4. The molecule has 2 unspecified atom stereocenters. The summed E-state index contributed by atoms with van der Waals surface area (Å²) < 4.78 is 0. The summed E-state index contributed by atoms with van der Waals surface area (Å²) in [4.78, 5) is 145. The van der Waals surface area contributed by atoms with E-state index in [1.165, 1.54) is 26.0 Å². The number of rotatable bonds is 25. The minimum absolute atomic E-state index is 0. The van der Waals surface area contributed by atoms with E-state index in [1.54, 1.807) is 42.5 Å². The number of carbonyl (C=O) groups is 10. The Morgan fingerprint density at radius 3 is 1.96 bits per heavy atom. The van der Waals surface area contributed by atoms with E-state index >= 15 is 19.2 Å². The number of unbranched alkanes of at least 4 members (excludes halogenated alkanes) is 1. The number of hydrogen-bond donors (Lipinski definition) is 11. The second-order valence-electron chi connectivity index (χ2n) is 26.4. The number of aliphatic hydroxyl groups is 2. The molecule has 5 amide bonds. The minimum Gasteiger partial charge on any atom is -0.664 e. The maximum atomic E-state index is 15.3. The summed E-state index contributed by atoms with van der Waals surface area (Å²) in [5.41, 5.74) is 14.0. The standard InChI is InChI=1S/C71H97N13O14S2.Cu/c1-44(85)55(69(97)98)37-59(88)51-35-62(91)65(45(2)86)83-68(96)56(15-8-9-24-72)81-66(94)50(33-49-21-20-48-13-6-7-14-54(48)49)34-60(89)58(32-47-18-22-53(87)23-19-47)82-67(95)52(39-100-99-38-51)36-61(90)57(31-46-11-4-3-5-12-46)80-63(92)16-10-17-64(93)84-71-42-76-27-25-74-40-70(73,78-29-30-79-71)41-75-26-28-77-43-71;/h3-7,11-14,18-19,21-23,44-45,50-52,55-58,65,85-87H,8-10,15-17,20,24-43,72-73H2,1-2H3,(H,80,92)(H,81,94)(H,82,95)(H,83,96)(H,84,93)(H,97,98);/q-6;/t44?,45?,50-,51-,52-,55-,56-,57+,58-,65-,70?,71?;/m0./s1. The predicted molar refractivity (Wildman–Crippen MR) is 384 cm³/mol. The molecular weight excluding hydrogens is 1390 g/mol. The molecule has 30 heteroatoms. The van der Waals surface area contributed by atoms with Crippen LogP contribution < -0.4 is 38.1 Å². The van der Waals surface area contributed by atoms with Crippen molar-refractivity contribution in [1.29, 1.82) is 0 Å². The Morgan fingerprint density at radius 2 is 1.30 bits per heavy atom. The molecule has 3 aromatic carbocycles. The van der Waals surface area contributed by atoms with E-state index in [2.05, 4.69) is 53.2 Å². The Labute approximate surface area is 609 Å². The van der Waals surface area contributed by atoms with Crippen LogP contribution in [0.15, 0.2) is 84.9 Å². The molecule has 3 aromatic rings. The summed E-state index contributed by atoms with van der Waals surface area (Å²) in [6.45, 7) is 5.49. The van der Waals surface area contributed by atoms with Crippen molar-refractivity contribution in [3.63, 3.8) is 0 Å². The zero-order valence-electron chi connectivity index (χ0n) is 57.3. The van der Waals surface area contributed by atoms with Crippen molar-refractivity contribution < 1.29 is 85.4 Å². The van der Waals surface area contributed by atoms with Crippen molar-refractivity contribution >= 4 is 85.8 Å². The molecule has 7 rings (SSSR count). The fourth-order valence-electron chi connectivity index (χ4n) is 12.4. The number of phenols is 1. The monoisotopic (exact) mass is 1480 g/mol. The number of aromatic hydroxyl groups is 1. The molecule has 4 aliphatic rings. The average Bonchev–Trinajstić information content (AvgIpc) is 1.72. The number of carboxylic acids is 1. The Kier molecular flexibility index (Phi) is 35.0. The van der Waals surface area contributed by atoms with Crippen LogP contribution in [0.1, 0.15) is 107 Å². The molecule has 27 nitrogen and oxygen atoms in total. The van der Waals surface area contributed by atoms with Crippen LogP contribution in [0.2, 0.25) is 0 Å². The zero-order valence-corrected chi connectivity index (χ0v) is 59.9. The third kappa shape index (κ3) is 27.3. The van der Waals surface area contributed by atoms with Crippen LogP contribution in [0.25, 0.3) is 37.5 Å². The molecule has 3 aliphatic heterocycles. The summed E-state index contributed by atoms with van der Waals surface area (Å²) in [6, 6.07) is 16.8. The van der Waals surface area contributed by atoms with Gasteiger partial charge in [-0.25, -0.2) is 0 Å². The van der Waals surface area contributed by atoms with Gasteiger partial charge >= 0.3 is 5.97 Å². The van der Waals surface area contributed by atoms with Gasteiger partial charge in [-0.15, -0.1) is 18.8 Å². The van der Waals surface area contributed by atoms with Crippen molar-refractivity contribution in [3.05, 3.63) is 139 Å². The van der Waals surface area contributed by atoms with Crippen LogP contribution >= 0.6 is 21.6 Å². The fourth-order valence-corrected chi connectivity index (χ4v) is 15.1. The van der Waals surface area contributed by atoms with Crippen LogP contribution in [0, 0.1) is 23.7 Å². The van der Waals surface area contributed by atoms with Crippen molar-refractivity contribution in [2.45, 2.75) is 151 Å². The van der Waals surface area contributed by atoms with Gasteiger partial charge in [0.2, 0.25) is 29.5 Å². The number of fused-ring (bicyclic) bond motifs is 6. The maximum Gasteiger partial charge on any atom is 0.309 e. The van der Waals surface area contributed by atoms with Crippen LogP contribution in [-0.2, 0) is 84.3 Å². The van der Waals surface area contributed by atoms with Crippen LogP contribution in [0.4, 0.5) is 0 Å². The van der Waals surface area contributed by atoms with Crippen LogP contribution in [0.3, 0.4) is 0 Å². The summed E-state index contributed by atoms with van der Waals surface area (Å²) in [5.74, 6) is -13.4. The van der Waals surface area contributed by atoms with E-state index < -0.39 is 156 Å². The first-order valence-electron chi connectivity index (χ1n) is 34.4. The number of carbonyl (C=O) groups excluding carboxylic acids is 9. The molecule has 13 N–H and O–H groups in total. The molecule has 0 aromatic heterocycles. The maximum absolute atomic E-state index is 15.3. The van der Waals surface area contributed by atoms with Crippen molar-refractivity contribution in [2.24, 2.45) is 35.1 Å². The van der Waals surface area contributed by atoms with Crippen molar-refractivity contribution in [1.82, 2.24) is 26.6 Å². The van der Waals surface area contributed by atoms with Gasteiger partial charge in [0, 0.05) is 78.9 Å². The Bertz CT molecular complexity index is 3270. The molecule has 559 valence electrons. The molecule has 3 heterocycles. The molecule has 1 radical (unpaired) electrons. The number of Topliss-reactive ketones (excluding diaryl/α,β-unsaturated/α-hetero) is 4. The van der Waals surface area contributed by atoms with Gasteiger partial charge in [-0.2, -0.15) is 52.4 Å². The van der Waals surface area contributed by atoms with E-state index in [0.717, 1.165) is 38.3 Å². The van der Waals surface area contributed by atoms with Crippen molar-refractivity contribution in [3.8, 4) is 5.75 Å². The second-order valence-corrected chi connectivity index (χ2v) is 28.9. The number of nitrogens with zero attached hydrogens (tertiary/aromatic N) is 6. The molecule has 3 saturated heterocycles. The number of hydrogen-bond acceptors (Lipinski definition) is 17. The topological polar surface area (TPSA) is 448 Å². The Balaban J connectivity index is 0.0000161. The molecule has 1 aliphatic carbocycles. The molecule has 0 spiro atoms. The van der Waals surface area contributed by atoms with Gasteiger partial charge in [0.05, 0.1) is 36.1 Å². The van der Waals surface area contributed by atoms with Crippen LogP contribution in [0.5, 0.6) is 5.75 Å². The molecule has 2 bridgehead atoms. The number of nitrogens with one attached hydrogen (secondary N) is 5. The smallest absolute Gasteiger partial charge is 0.309 e. The molecule has 3 fully saturated rings. The normalized spacial score (nSPS) is 25.4. The van der Waals surface area contributed by atoms with Gasteiger partial charge in [-0.3, -0.25) is 47.9 Å². The quantitative estimate of drug-likeness (QED) is 0.0310. The third-order valence-corrected chi connectivity index (χ3v) is 20.7. The first-order chi connectivity index (χ1) is 47.9. The average molecular weight is 1480 g/mol.